The Morgan fingerprint density at radius 2 is 1.93 bits per heavy atom. The first kappa shape index (κ1) is 20.6. The number of carbonyl (C=O) groups excluding carboxylic acids is 1. The summed E-state index contributed by atoms with van der Waals surface area (Å²) in [4.78, 5) is 16.6. The van der Waals surface area contributed by atoms with Gasteiger partial charge in [-0.1, -0.05) is 29.3 Å². The highest BCUT2D eigenvalue weighted by Gasteiger charge is 2.16. The number of halogens is 2. The van der Waals surface area contributed by atoms with Crippen LogP contribution in [0.25, 0.3) is 0 Å². The Labute approximate surface area is 176 Å². The molecule has 0 radical (unpaired) electrons. The van der Waals surface area contributed by atoms with Crippen molar-refractivity contribution < 1.29 is 13.2 Å². The van der Waals surface area contributed by atoms with E-state index >= 15 is 0 Å². The summed E-state index contributed by atoms with van der Waals surface area (Å²) in [5.41, 5.74) is 1.47. The highest BCUT2D eigenvalue weighted by Crippen LogP contribution is 2.26. The van der Waals surface area contributed by atoms with Crippen molar-refractivity contribution in [3.63, 3.8) is 0 Å². The molecule has 1 heterocycles. The molecule has 0 aliphatic heterocycles. The highest BCUT2D eigenvalue weighted by atomic mass is 35.5. The lowest BCUT2D eigenvalue weighted by molar-refractivity contribution is 0.0951. The van der Waals surface area contributed by atoms with E-state index in [4.69, 9.17) is 23.2 Å². The Bertz CT molecular complexity index is 1130. The zero-order valence-electron chi connectivity index (χ0n) is 14.6. The van der Waals surface area contributed by atoms with Crippen LogP contribution in [-0.4, -0.2) is 19.3 Å². The molecule has 0 aliphatic carbocycles. The summed E-state index contributed by atoms with van der Waals surface area (Å²) < 4.78 is 27.5. The van der Waals surface area contributed by atoms with Crippen LogP contribution in [0.2, 0.25) is 10.0 Å². The van der Waals surface area contributed by atoms with E-state index in [0.717, 1.165) is 10.7 Å². The molecule has 0 fully saturated rings. The van der Waals surface area contributed by atoms with Crippen LogP contribution in [0.15, 0.2) is 52.7 Å². The molecule has 3 rings (SSSR count). The summed E-state index contributed by atoms with van der Waals surface area (Å²) in [6.07, 6.45) is 0. The largest absolute Gasteiger partial charge is 0.346 e. The topological polar surface area (TPSA) is 88.2 Å². The van der Waals surface area contributed by atoms with E-state index in [1.807, 2.05) is 12.3 Å². The predicted molar refractivity (Wildman–Crippen MR) is 112 cm³/mol. The third kappa shape index (κ3) is 5.02. The third-order valence-corrected chi connectivity index (χ3v) is 6.73. The van der Waals surface area contributed by atoms with Crippen molar-refractivity contribution in [3.05, 3.63) is 74.2 Å². The molecule has 2 N–H and O–H groups in total. The molecule has 0 bridgehead atoms. The Kier molecular flexibility index (Phi) is 6.24. The van der Waals surface area contributed by atoms with Crippen molar-refractivity contribution in [3.8, 4) is 0 Å². The van der Waals surface area contributed by atoms with Gasteiger partial charge < -0.3 is 5.32 Å². The summed E-state index contributed by atoms with van der Waals surface area (Å²) in [6, 6.07) is 10.2. The number of hydrogen-bond donors (Lipinski definition) is 2. The Hall–Kier alpha value is -2.13. The SMILES string of the molecule is Cc1csc(CNC(=O)c2cccc(NS(=O)(=O)c3ccc(Cl)c(Cl)c3)c2)n1. The molecule has 0 spiro atoms. The molecule has 2 aromatic carbocycles. The lowest BCUT2D eigenvalue weighted by atomic mass is 10.2. The zero-order chi connectivity index (χ0) is 20.3. The average Bonchev–Trinajstić information content (AvgIpc) is 3.07. The number of aryl methyl sites for hydroxylation is 1. The van der Waals surface area contributed by atoms with Gasteiger partial charge in [0.2, 0.25) is 0 Å². The molecule has 10 heteroatoms. The number of hydrogen-bond acceptors (Lipinski definition) is 5. The van der Waals surface area contributed by atoms with Crippen LogP contribution in [0.5, 0.6) is 0 Å². The van der Waals surface area contributed by atoms with E-state index in [-0.39, 0.29) is 26.5 Å². The maximum absolute atomic E-state index is 12.5. The van der Waals surface area contributed by atoms with Crippen molar-refractivity contribution in [2.24, 2.45) is 0 Å². The molecule has 28 heavy (non-hydrogen) atoms. The van der Waals surface area contributed by atoms with Gasteiger partial charge in [0.1, 0.15) is 5.01 Å². The van der Waals surface area contributed by atoms with Crippen LogP contribution >= 0.6 is 34.5 Å². The summed E-state index contributed by atoms with van der Waals surface area (Å²) in [5.74, 6) is -0.330. The molecule has 0 aliphatic rings. The summed E-state index contributed by atoms with van der Waals surface area (Å²) >= 11 is 13.2. The highest BCUT2D eigenvalue weighted by molar-refractivity contribution is 7.92. The minimum Gasteiger partial charge on any atom is -0.346 e. The van der Waals surface area contributed by atoms with E-state index in [9.17, 15) is 13.2 Å². The smallest absolute Gasteiger partial charge is 0.261 e. The van der Waals surface area contributed by atoms with Crippen molar-refractivity contribution in [2.75, 3.05) is 4.72 Å². The van der Waals surface area contributed by atoms with Gasteiger partial charge in [-0.3, -0.25) is 9.52 Å². The van der Waals surface area contributed by atoms with Crippen LogP contribution in [-0.2, 0) is 16.6 Å². The molecule has 1 amide bonds. The Balaban J connectivity index is 1.73. The number of nitrogens with one attached hydrogen (secondary N) is 2. The van der Waals surface area contributed by atoms with E-state index in [2.05, 4.69) is 15.0 Å². The van der Waals surface area contributed by atoms with Gasteiger partial charge in [-0.2, -0.15) is 0 Å². The standard InChI is InChI=1S/C18H15Cl2N3O3S2/c1-11-10-27-17(22-11)9-21-18(24)12-3-2-4-13(7-12)23-28(25,26)14-5-6-15(19)16(20)8-14/h2-8,10,23H,9H2,1H3,(H,21,24). The monoisotopic (exact) mass is 455 g/mol. The maximum Gasteiger partial charge on any atom is 0.261 e. The number of amides is 1. The first-order chi connectivity index (χ1) is 13.2. The number of aromatic nitrogens is 1. The van der Waals surface area contributed by atoms with Crippen LogP contribution in [0.3, 0.4) is 0 Å². The predicted octanol–water partition coefficient (Wildman–Crippen LogP) is 4.49. The summed E-state index contributed by atoms with van der Waals surface area (Å²) in [7, 11) is -3.88. The molecule has 3 aromatic rings. The number of thiazole rings is 1. The number of sulfonamides is 1. The Morgan fingerprint density at radius 3 is 2.61 bits per heavy atom. The molecule has 1 aromatic heterocycles. The van der Waals surface area contributed by atoms with Gasteiger partial charge in [-0.05, 0) is 43.3 Å². The van der Waals surface area contributed by atoms with Crippen molar-refractivity contribution in [1.29, 1.82) is 0 Å². The van der Waals surface area contributed by atoms with Gasteiger partial charge in [0, 0.05) is 22.3 Å². The number of rotatable bonds is 6. The number of carbonyl (C=O) groups is 1. The molecule has 0 saturated carbocycles. The lowest BCUT2D eigenvalue weighted by Crippen LogP contribution is -2.23. The van der Waals surface area contributed by atoms with Crippen LogP contribution in [0.1, 0.15) is 21.1 Å². The molecular formula is C18H15Cl2N3O3S2. The fraction of sp³-hybridized carbons (Fsp3) is 0.111. The zero-order valence-corrected chi connectivity index (χ0v) is 17.7. The van der Waals surface area contributed by atoms with E-state index in [0.29, 0.717) is 12.1 Å². The van der Waals surface area contributed by atoms with E-state index < -0.39 is 10.0 Å². The maximum atomic E-state index is 12.5. The van der Waals surface area contributed by atoms with Crippen molar-refractivity contribution in [1.82, 2.24) is 10.3 Å². The van der Waals surface area contributed by atoms with Crippen LogP contribution in [0, 0.1) is 6.92 Å². The van der Waals surface area contributed by atoms with Gasteiger partial charge >= 0.3 is 0 Å². The molecule has 146 valence electrons. The first-order valence-corrected chi connectivity index (χ1v) is 11.1. The van der Waals surface area contributed by atoms with Crippen molar-refractivity contribution in [2.45, 2.75) is 18.4 Å². The van der Waals surface area contributed by atoms with Gasteiger partial charge in [0.15, 0.2) is 0 Å². The van der Waals surface area contributed by atoms with Gasteiger partial charge in [0.05, 0.1) is 21.5 Å². The van der Waals surface area contributed by atoms with Gasteiger partial charge in [-0.15, -0.1) is 11.3 Å². The van der Waals surface area contributed by atoms with Crippen LogP contribution in [0.4, 0.5) is 5.69 Å². The van der Waals surface area contributed by atoms with Crippen molar-refractivity contribution >= 4 is 56.2 Å². The second-order valence-corrected chi connectivity index (χ2v) is 9.27. The fourth-order valence-corrected chi connectivity index (χ4v) is 4.47. The van der Waals surface area contributed by atoms with Gasteiger partial charge in [0.25, 0.3) is 15.9 Å². The minimum absolute atomic E-state index is 0.0316. The van der Waals surface area contributed by atoms with Gasteiger partial charge in [-0.25, -0.2) is 13.4 Å². The normalized spacial score (nSPS) is 11.2. The lowest BCUT2D eigenvalue weighted by Gasteiger charge is -2.10. The first-order valence-electron chi connectivity index (χ1n) is 8.02. The molecular weight excluding hydrogens is 441 g/mol. The number of nitrogens with zero attached hydrogens (tertiary/aromatic N) is 1. The minimum atomic E-state index is -3.88. The second-order valence-electron chi connectivity index (χ2n) is 5.83. The summed E-state index contributed by atoms with van der Waals surface area (Å²) in [5, 5.41) is 5.85. The number of benzene rings is 2. The number of anilines is 1. The third-order valence-electron chi connectivity index (χ3n) is 3.65. The average molecular weight is 456 g/mol. The quantitative estimate of drug-likeness (QED) is 0.572. The molecule has 0 atom stereocenters. The Morgan fingerprint density at radius 1 is 1.14 bits per heavy atom. The second kappa shape index (κ2) is 8.48. The fourth-order valence-electron chi connectivity index (χ4n) is 2.32. The molecule has 0 saturated heterocycles. The summed E-state index contributed by atoms with van der Waals surface area (Å²) in [6.45, 7) is 2.18. The van der Waals surface area contributed by atoms with Crippen LogP contribution < -0.4 is 10.0 Å². The van der Waals surface area contributed by atoms with E-state index in [1.54, 1.807) is 18.2 Å². The van der Waals surface area contributed by atoms with E-state index in [1.165, 1.54) is 35.6 Å². The molecule has 6 nitrogen and oxygen atoms in total. The molecule has 0 unspecified atom stereocenters.